The summed E-state index contributed by atoms with van der Waals surface area (Å²) in [6.45, 7) is 2.50. The molecular weight excluding hydrogens is 351 g/mol. The van der Waals surface area contributed by atoms with Gasteiger partial charge in [-0.1, -0.05) is 22.5 Å². The maximum Gasteiger partial charge on any atom is 0.282 e. The first kappa shape index (κ1) is 16.7. The molecule has 0 saturated heterocycles. The summed E-state index contributed by atoms with van der Waals surface area (Å²) in [5, 5.41) is 11.8. The standard InChI is InChI=1S/C18H15FN6O2/c1-2-26-12-9-7-11(8-10-12)17-21-18(27-23-17)15-16(20)25(24-22-15)14-6-4-3-5-13(14)19/h3-10H,2,20H2,1H3. The molecule has 2 N–H and O–H groups in total. The zero-order valence-corrected chi connectivity index (χ0v) is 14.3. The average molecular weight is 366 g/mol. The molecule has 2 aromatic heterocycles. The van der Waals surface area contributed by atoms with Crippen molar-refractivity contribution in [1.82, 2.24) is 25.1 Å². The van der Waals surface area contributed by atoms with E-state index in [4.69, 9.17) is 15.0 Å². The Morgan fingerprint density at radius 1 is 1.15 bits per heavy atom. The molecule has 0 fully saturated rings. The Hall–Kier alpha value is -3.75. The maximum atomic E-state index is 14.0. The second kappa shape index (κ2) is 6.87. The highest BCUT2D eigenvalue weighted by atomic mass is 19.1. The third-order valence-corrected chi connectivity index (χ3v) is 3.84. The Balaban J connectivity index is 1.65. The first-order valence-electron chi connectivity index (χ1n) is 8.20. The van der Waals surface area contributed by atoms with Gasteiger partial charge in [0.05, 0.1) is 6.61 Å². The predicted molar refractivity (Wildman–Crippen MR) is 95.6 cm³/mol. The third kappa shape index (κ3) is 3.10. The quantitative estimate of drug-likeness (QED) is 0.578. The van der Waals surface area contributed by atoms with Gasteiger partial charge < -0.3 is 15.0 Å². The van der Waals surface area contributed by atoms with Gasteiger partial charge in [-0.25, -0.2) is 4.39 Å². The van der Waals surface area contributed by atoms with Gasteiger partial charge >= 0.3 is 0 Å². The molecule has 136 valence electrons. The molecule has 0 atom stereocenters. The van der Waals surface area contributed by atoms with Crippen LogP contribution in [0, 0.1) is 5.82 Å². The first-order chi connectivity index (χ1) is 13.2. The summed E-state index contributed by atoms with van der Waals surface area (Å²) >= 11 is 0. The van der Waals surface area contributed by atoms with Crippen LogP contribution in [-0.4, -0.2) is 31.7 Å². The van der Waals surface area contributed by atoms with Gasteiger partial charge in [-0.2, -0.15) is 9.67 Å². The Kier molecular flexibility index (Phi) is 4.25. The van der Waals surface area contributed by atoms with Crippen LogP contribution in [0.3, 0.4) is 0 Å². The molecular formula is C18H15FN6O2. The van der Waals surface area contributed by atoms with Crippen LogP contribution in [-0.2, 0) is 0 Å². The molecule has 0 aliphatic carbocycles. The van der Waals surface area contributed by atoms with E-state index in [9.17, 15) is 4.39 Å². The van der Waals surface area contributed by atoms with Crippen molar-refractivity contribution < 1.29 is 13.7 Å². The van der Waals surface area contributed by atoms with Gasteiger partial charge in [0.2, 0.25) is 5.82 Å². The molecule has 0 radical (unpaired) electrons. The van der Waals surface area contributed by atoms with Crippen molar-refractivity contribution in [2.75, 3.05) is 12.3 Å². The molecule has 8 nitrogen and oxygen atoms in total. The number of hydrogen-bond donors (Lipinski definition) is 1. The van der Waals surface area contributed by atoms with Gasteiger partial charge in [0.15, 0.2) is 11.5 Å². The van der Waals surface area contributed by atoms with E-state index in [-0.39, 0.29) is 23.1 Å². The van der Waals surface area contributed by atoms with Crippen molar-refractivity contribution >= 4 is 5.82 Å². The fourth-order valence-corrected chi connectivity index (χ4v) is 2.55. The number of ether oxygens (including phenoxy) is 1. The van der Waals surface area contributed by atoms with Crippen LogP contribution < -0.4 is 10.5 Å². The highest BCUT2D eigenvalue weighted by Gasteiger charge is 2.21. The van der Waals surface area contributed by atoms with Crippen LogP contribution in [0.15, 0.2) is 53.1 Å². The van der Waals surface area contributed by atoms with E-state index in [1.165, 1.54) is 10.7 Å². The normalized spacial score (nSPS) is 10.9. The molecule has 27 heavy (non-hydrogen) atoms. The van der Waals surface area contributed by atoms with E-state index in [0.717, 1.165) is 11.3 Å². The summed E-state index contributed by atoms with van der Waals surface area (Å²) in [5.74, 6) is 0.845. The van der Waals surface area contributed by atoms with Gasteiger partial charge in [0.1, 0.15) is 17.3 Å². The number of anilines is 1. The number of nitrogens with two attached hydrogens (primary N) is 1. The molecule has 0 bridgehead atoms. The number of halogens is 1. The van der Waals surface area contributed by atoms with Crippen LogP contribution >= 0.6 is 0 Å². The monoisotopic (exact) mass is 366 g/mol. The van der Waals surface area contributed by atoms with Crippen molar-refractivity contribution in [3.05, 3.63) is 54.3 Å². The van der Waals surface area contributed by atoms with E-state index in [0.29, 0.717) is 12.4 Å². The van der Waals surface area contributed by atoms with Crippen LogP contribution in [0.4, 0.5) is 10.2 Å². The highest BCUT2D eigenvalue weighted by molar-refractivity contribution is 5.66. The zero-order chi connectivity index (χ0) is 18.8. The topological polar surface area (TPSA) is 105 Å². The predicted octanol–water partition coefficient (Wildman–Crippen LogP) is 3.10. The summed E-state index contributed by atoms with van der Waals surface area (Å²) < 4.78 is 25.8. The third-order valence-electron chi connectivity index (χ3n) is 3.84. The van der Waals surface area contributed by atoms with Gasteiger partial charge in [0, 0.05) is 5.56 Å². The molecule has 2 aromatic carbocycles. The SMILES string of the molecule is CCOc1ccc(-c2noc(-c3nnn(-c4ccccc4F)c3N)n2)cc1. The molecule has 0 saturated carbocycles. The Morgan fingerprint density at radius 3 is 2.67 bits per heavy atom. The number of benzene rings is 2. The van der Waals surface area contributed by atoms with E-state index < -0.39 is 5.82 Å². The maximum absolute atomic E-state index is 14.0. The Bertz CT molecular complexity index is 1070. The number of rotatable bonds is 5. The molecule has 0 unspecified atom stereocenters. The van der Waals surface area contributed by atoms with E-state index in [2.05, 4.69) is 20.5 Å². The zero-order valence-electron chi connectivity index (χ0n) is 14.3. The van der Waals surface area contributed by atoms with Gasteiger partial charge in [0.25, 0.3) is 5.89 Å². The fourth-order valence-electron chi connectivity index (χ4n) is 2.55. The van der Waals surface area contributed by atoms with E-state index in [1.54, 1.807) is 18.2 Å². The molecule has 0 aliphatic rings. The lowest BCUT2D eigenvalue weighted by Gasteiger charge is -2.03. The minimum Gasteiger partial charge on any atom is -0.494 e. The van der Waals surface area contributed by atoms with Gasteiger partial charge in [-0.15, -0.1) is 5.10 Å². The van der Waals surface area contributed by atoms with Crippen molar-refractivity contribution in [3.8, 4) is 34.4 Å². The van der Waals surface area contributed by atoms with Crippen LogP contribution in [0.1, 0.15) is 6.92 Å². The van der Waals surface area contributed by atoms with Crippen LogP contribution in [0.2, 0.25) is 0 Å². The summed E-state index contributed by atoms with van der Waals surface area (Å²) in [5.41, 5.74) is 7.17. The largest absolute Gasteiger partial charge is 0.494 e. The second-order valence-electron chi connectivity index (χ2n) is 5.57. The smallest absolute Gasteiger partial charge is 0.282 e. The minimum absolute atomic E-state index is 0.0963. The van der Waals surface area contributed by atoms with Gasteiger partial charge in [-0.05, 0) is 43.3 Å². The molecule has 0 spiro atoms. The molecule has 2 heterocycles. The molecule has 0 amide bonds. The lowest BCUT2D eigenvalue weighted by atomic mass is 10.2. The van der Waals surface area contributed by atoms with E-state index in [1.807, 2.05) is 31.2 Å². The molecule has 4 aromatic rings. The first-order valence-corrected chi connectivity index (χ1v) is 8.20. The molecule has 0 aliphatic heterocycles. The number of hydrogen-bond acceptors (Lipinski definition) is 7. The number of para-hydroxylation sites is 1. The fraction of sp³-hybridized carbons (Fsp3) is 0.111. The minimum atomic E-state index is -0.471. The highest BCUT2D eigenvalue weighted by Crippen LogP contribution is 2.27. The summed E-state index contributed by atoms with van der Waals surface area (Å²) in [6, 6.07) is 13.4. The van der Waals surface area contributed by atoms with Crippen LogP contribution in [0.25, 0.3) is 28.7 Å². The average Bonchev–Trinajstić information content (AvgIpc) is 3.30. The van der Waals surface area contributed by atoms with Crippen LogP contribution in [0.5, 0.6) is 5.75 Å². The summed E-state index contributed by atoms with van der Waals surface area (Å²) in [4.78, 5) is 4.31. The second-order valence-corrected chi connectivity index (χ2v) is 5.57. The Labute approximate surface area is 153 Å². The lowest BCUT2D eigenvalue weighted by molar-refractivity contribution is 0.340. The van der Waals surface area contributed by atoms with Gasteiger partial charge in [-0.3, -0.25) is 0 Å². The van der Waals surface area contributed by atoms with Crippen molar-refractivity contribution in [1.29, 1.82) is 0 Å². The van der Waals surface area contributed by atoms with Crippen molar-refractivity contribution in [2.24, 2.45) is 0 Å². The Morgan fingerprint density at radius 2 is 1.93 bits per heavy atom. The molecule has 9 heteroatoms. The summed E-state index contributed by atoms with van der Waals surface area (Å²) in [7, 11) is 0. The summed E-state index contributed by atoms with van der Waals surface area (Å²) in [6.07, 6.45) is 0. The molecule has 4 rings (SSSR count). The number of nitrogen functional groups attached to an aromatic ring is 1. The van der Waals surface area contributed by atoms with Crippen molar-refractivity contribution in [3.63, 3.8) is 0 Å². The van der Waals surface area contributed by atoms with Crippen molar-refractivity contribution in [2.45, 2.75) is 6.92 Å². The number of nitrogens with zero attached hydrogens (tertiary/aromatic N) is 5. The van der Waals surface area contributed by atoms with E-state index >= 15 is 0 Å². The number of aromatic nitrogens is 5. The lowest BCUT2D eigenvalue weighted by Crippen LogP contribution is -2.04.